The standard InChI is InChI=1S/C52H100O6/c1-7-46(4)38-32-26-20-16-14-12-10-11-13-15-17-22-29-35-41-50(53)56-44-49(45-57-51(54)42-36-30-25-24-28-34-40-48(6)9-3)58-52(55)43-37-31-23-19-18-21-27-33-39-47(5)8-2/h46-49H,7-45H2,1-6H3/t46?,47?,48?,49-/m0/s1. The van der Waals surface area contributed by atoms with Crippen LogP contribution in [-0.2, 0) is 28.6 Å². The lowest BCUT2D eigenvalue weighted by Gasteiger charge is -2.18. The molecule has 0 bridgehead atoms. The summed E-state index contributed by atoms with van der Waals surface area (Å²) in [6, 6.07) is 0. The van der Waals surface area contributed by atoms with E-state index in [0.29, 0.717) is 19.3 Å². The zero-order valence-electron chi connectivity index (χ0n) is 39.8. The van der Waals surface area contributed by atoms with Crippen molar-refractivity contribution >= 4 is 17.9 Å². The number of rotatable bonds is 45. The van der Waals surface area contributed by atoms with Crippen LogP contribution in [0.1, 0.15) is 279 Å². The number of hydrogen-bond acceptors (Lipinski definition) is 6. The molecule has 0 fully saturated rings. The van der Waals surface area contributed by atoms with Crippen molar-refractivity contribution in [2.45, 2.75) is 285 Å². The quantitative estimate of drug-likeness (QED) is 0.0346. The fourth-order valence-corrected chi connectivity index (χ4v) is 7.66. The predicted molar refractivity (Wildman–Crippen MR) is 247 cm³/mol. The van der Waals surface area contributed by atoms with Crippen LogP contribution in [0.25, 0.3) is 0 Å². The average molecular weight is 821 g/mol. The van der Waals surface area contributed by atoms with Crippen molar-refractivity contribution in [1.82, 2.24) is 0 Å². The van der Waals surface area contributed by atoms with Gasteiger partial charge in [0.2, 0.25) is 0 Å². The molecule has 344 valence electrons. The Labute approximate surface area is 361 Å². The van der Waals surface area contributed by atoms with Gasteiger partial charge in [-0.2, -0.15) is 0 Å². The molecule has 0 saturated heterocycles. The fourth-order valence-electron chi connectivity index (χ4n) is 7.66. The maximum Gasteiger partial charge on any atom is 0.306 e. The molecule has 0 aromatic carbocycles. The van der Waals surface area contributed by atoms with Crippen LogP contribution in [0.2, 0.25) is 0 Å². The lowest BCUT2D eigenvalue weighted by molar-refractivity contribution is -0.167. The van der Waals surface area contributed by atoms with E-state index < -0.39 is 6.10 Å². The second-order valence-electron chi connectivity index (χ2n) is 18.5. The van der Waals surface area contributed by atoms with Gasteiger partial charge in [-0.05, 0) is 37.0 Å². The van der Waals surface area contributed by atoms with Gasteiger partial charge in [-0.25, -0.2) is 0 Å². The van der Waals surface area contributed by atoms with Gasteiger partial charge < -0.3 is 14.2 Å². The third-order valence-corrected chi connectivity index (χ3v) is 12.7. The van der Waals surface area contributed by atoms with Gasteiger partial charge in [-0.15, -0.1) is 0 Å². The molecular formula is C52H100O6. The SMILES string of the molecule is CCC(C)CCCCCCCCCCCCCCCCC(=O)OC[C@@H](COC(=O)CCCCCCCCC(C)CC)OC(=O)CCCCCCCCCCC(C)CC. The van der Waals surface area contributed by atoms with Gasteiger partial charge in [0, 0.05) is 19.3 Å². The lowest BCUT2D eigenvalue weighted by Crippen LogP contribution is -2.30. The molecule has 0 aliphatic carbocycles. The first-order chi connectivity index (χ1) is 28.2. The van der Waals surface area contributed by atoms with E-state index >= 15 is 0 Å². The zero-order chi connectivity index (χ0) is 42.7. The Hall–Kier alpha value is -1.59. The number of carbonyl (C=O) groups excluding carboxylic acids is 3. The Kier molecular flexibility index (Phi) is 42.3. The summed E-state index contributed by atoms with van der Waals surface area (Å²) in [4.78, 5) is 37.9. The highest BCUT2D eigenvalue weighted by atomic mass is 16.6. The molecule has 0 spiro atoms. The molecule has 58 heavy (non-hydrogen) atoms. The first kappa shape index (κ1) is 56.4. The maximum absolute atomic E-state index is 12.8. The van der Waals surface area contributed by atoms with Crippen LogP contribution in [-0.4, -0.2) is 37.2 Å². The summed E-state index contributed by atoms with van der Waals surface area (Å²) in [6.45, 7) is 13.7. The molecule has 0 amide bonds. The van der Waals surface area contributed by atoms with Crippen molar-refractivity contribution in [2.75, 3.05) is 13.2 Å². The molecule has 0 aliphatic heterocycles. The molecule has 6 heteroatoms. The van der Waals surface area contributed by atoms with Gasteiger partial charge in [0.25, 0.3) is 0 Å². The Bertz CT molecular complexity index is 904. The molecule has 0 heterocycles. The van der Waals surface area contributed by atoms with E-state index in [-0.39, 0.29) is 31.1 Å². The Balaban J connectivity index is 4.28. The highest BCUT2D eigenvalue weighted by Crippen LogP contribution is 2.19. The van der Waals surface area contributed by atoms with E-state index in [4.69, 9.17) is 14.2 Å². The van der Waals surface area contributed by atoms with Crippen molar-refractivity contribution in [3.8, 4) is 0 Å². The van der Waals surface area contributed by atoms with Crippen molar-refractivity contribution in [1.29, 1.82) is 0 Å². The van der Waals surface area contributed by atoms with Gasteiger partial charge >= 0.3 is 17.9 Å². The summed E-state index contributed by atoms with van der Waals surface area (Å²) in [5, 5.41) is 0. The van der Waals surface area contributed by atoms with E-state index in [1.54, 1.807) is 0 Å². The molecule has 4 atom stereocenters. The largest absolute Gasteiger partial charge is 0.462 e. The second kappa shape index (κ2) is 43.5. The van der Waals surface area contributed by atoms with E-state index in [0.717, 1.165) is 75.5 Å². The first-order valence-corrected chi connectivity index (χ1v) is 25.7. The van der Waals surface area contributed by atoms with Crippen LogP contribution in [0.5, 0.6) is 0 Å². The second-order valence-corrected chi connectivity index (χ2v) is 18.5. The highest BCUT2D eigenvalue weighted by Gasteiger charge is 2.19. The molecule has 0 saturated carbocycles. The summed E-state index contributed by atoms with van der Waals surface area (Å²) in [7, 11) is 0. The van der Waals surface area contributed by atoms with Crippen molar-refractivity contribution in [3.63, 3.8) is 0 Å². The van der Waals surface area contributed by atoms with Crippen LogP contribution < -0.4 is 0 Å². The topological polar surface area (TPSA) is 78.9 Å². The molecule has 6 nitrogen and oxygen atoms in total. The molecule has 0 aliphatic rings. The Morgan fingerprint density at radius 1 is 0.328 bits per heavy atom. The van der Waals surface area contributed by atoms with E-state index in [2.05, 4.69) is 41.5 Å². The maximum atomic E-state index is 12.8. The van der Waals surface area contributed by atoms with Crippen LogP contribution in [0.3, 0.4) is 0 Å². The lowest BCUT2D eigenvalue weighted by atomic mass is 9.99. The normalized spacial score (nSPS) is 13.6. The van der Waals surface area contributed by atoms with Crippen LogP contribution in [0, 0.1) is 17.8 Å². The summed E-state index contributed by atoms with van der Waals surface area (Å²) in [5.41, 5.74) is 0. The predicted octanol–water partition coefficient (Wildman–Crippen LogP) is 16.4. The molecular weight excluding hydrogens is 721 g/mol. The third-order valence-electron chi connectivity index (χ3n) is 12.7. The van der Waals surface area contributed by atoms with E-state index in [9.17, 15) is 14.4 Å². The van der Waals surface area contributed by atoms with E-state index in [1.165, 1.54) is 161 Å². The minimum absolute atomic E-state index is 0.0657. The summed E-state index contributed by atoms with van der Waals surface area (Å²) in [5.74, 6) is 1.70. The van der Waals surface area contributed by atoms with E-state index in [1.807, 2.05) is 0 Å². The first-order valence-electron chi connectivity index (χ1n) is 25.7. The molecule has 0 rings (SSSR count). The van der Waals surface area contributed by atoms with Gasteiger partial charge in [0.05, 0.1) is 0 Å². The Morgan fingerprint density at radius 3 is 0.810 bits per heavy atom. The van der Waals surface area contributed by atoms with Crippen LogP contribution >= 0.6 is 0 Å². The number of unbranched alkanes of at least 4 members (excludes halogenated alkanes) is 25. The molecule has 0 N–H and O–H groups in total. The van der Waals surface area contributed by atoms with Gasteiger partial charge in [-0.3, -0.25) is 14.4 Å². The highest BCUT2D eigenvalue weighted by molar-refractivity contribution is 5.71. The number of hydrogen-bond donors (Lipinski definition) is 0. The third kappa shape index (κ3) is 41.2. The molecule has 0 aromatic rings. The summed E-state index contributed by atoms with van der Waals surface area (Å²) >= 11 is 0. The fraction of sp³-hybridized carbons (Fsp3) is 0.942. The summed E-state index contributed by atoms with van der Waals surface area (Å²) in [6.07, 6.45) is 42.2. The van der Waals surface area contributed by atoms with Crippen molar-refractivity contribution < 1.29 is 28.6 Å². The Morgan fingerprint density at radius 2 is 0.552 bits per heavy atom. The number of esters is 3. The van der Waals surface area contributed by atoms with Crippen LogP contribution in [0.15, 0.2) is 0 Å². The minimum atomic E-state index is -0.763. The average Bonchev–Trinajstić information content (AvgIpc) is 3.22. The minimum Gasteiger partial charge on any atom is -0.462 e. The van der Waals surface area contributed by atoms with Crippen molar-refractivity contribution in [2.24, 2.45) is 17.8 Å². The van der Waals surface area contributed by atoms with Gasteiger partial charge in [0.15, 0.2) is 6.10 Å². The monoisotopic (exact) mass is 821 g/mol. The molecule has 0 aromatic heterocycles. The van der Waals surface area contributed by atoms with Crippen molar-refractivity contribution in [3.05, 3.63) is 0 Å². The molecule has 0 radical (unpaired) electrons. The molecule has 3 unspecified atom stereocenters. The zero-order valence-corrected chi connectivity index (χ0v) is 39.8. The van der Waals surface area contributed by atoms with Gasteiger partial charge in [-0.1, -0.05) is 241 Å². The van der Waals surface area contributed by atoms with Crippen LogP contribution in [0.4, 0.5) is 0 Å². The number of ether oxygens (including phenoxy) is 3. The smallest absolute Gasteiger partial charge is 0.306 e. The van der Waals surface area contributed by atoms with Gasteiger partial charge in [0.1, 0.15) is 13.2 Å². The summed E-state index contributed by atoms with van der Waals surface area (Å²) < 4.78 is 16.8. The number of carbonyl (C=O) groups is 3.